The lowest BCUT2D eigenvalue weighted by atomic mass is 9.89. The SMILES string of the molecule is Cc1c(C(N)=O)cn2ncnc(Nc3ccc(F)cc3OC3CO[C@]45COC4CO[C@H]35)c12. The fourth-order valence-electron chi connectivity index (χ4n) is 4.70. The summed E-state index contributed by atoms with van der Waals surface area (Å²) in [6.07, 6.45) is 2.12. The fraction of sp³-hybridized carbons (Fsp3) is 0.381. The van der Waals surface area contributed by atoms with Crippen LogP contribution in [-0.4, -0.2) is 64.2 Å². The summed E-state index contributed by atoms with van der Waals surface area (Å²) < 4.78 is 39.2. The van der Waals surface area contributed by atoms with E-state index in [9.17, 15) is 9.18 Å². The van der Waals surface area contributed by atoms with Gasteiger partial charge in [0.15, 0.2) is 11.9 Å². The molecule has 1 spiro atoms. The molecular formula is C21H20FN5O5. The first-order chi connectivity index (χ1) is 15.5. The Balaban J connectivity index is 1.33. The average Bonchev–Trinajstić information content (AvgIpc) is 3.37. The highest BCUT2D eigenvalue weighted by molar-refractivity contribution is 5.98. The zero-order chi connectivity index (χ0) is 22.0. The standard InChI is InChI=1S/C21H20FN5O5/c1-10-12(19(23)28)5-27-17(10)20(24-9-25-27)26-13-3-2-11(22)4-14(13)32-15-6-31-21-8-30-16(21)7-29-18(15)21/h2-5,9,15-16,18H,6-8H2,1H3,(H2,23,28)(H,24,25,26)/t15?,16?,18-,21-/m1/s1. The van der Waals surface area contributed by atoms with Crippen molar-refractivity contribution in [2.45, 2.75) is 30.8 Å². The molecule has 3 aliphatic rings. The number of amides is 1. The second-order valence-corrected chi connectivity index (χ2v) is 8.18. The van der Waals surface area contributed by atoms with Gasteiger partial charge in [0.25, 0.3) is 5.91 Å². The highest BCUT2D eigenvalue weighted by Crippen LogP contribution is 2.47. The molecule has 3 N–H and O–H groups in total. The summed E-state index contributed by atoms with van der Waals surface area (Å²) in [5.41, 5.74) is 7.04. The maximum Gasteiger partial charge on any atom is 0.250 e. The fourth-order valence-corrected chi connectivity index (χ4v) is 4.70. The molecule has 1 amide bonds. The number of fused-ring (bicyclic) bond motifs is 1. The quantitative estimate of drug-likeness (QED) is 0.608. The smallest absolute Gasteiger partial charge is 0.250 e. The van der Waals surface area contributed by atoms with Crippen molar-refractivity contribution in [2.75, 3.05) is 25.1 Å². The number of benzene rings is 1. The Hall–Kier alpha value is -3.28. The normalized spacial score (nSPS) is 28.2. The molecule has 10 nitrogen and oxygen atoms in total. The molecule has 3 saturated heterocycles. The van der Waals surface area contributed by atoms with Gasteiger partial charge in [0.1, 0.15) is 41.2 Å². The lowest BCUT2D eigenvalue weighted by Crippen LogP contribution is -2.61. The van der Waals surface area contributed by atoms with Crippen molar-refractivity contribution in [3.63, 3.8) is 0 Å². The molecule has 0 bridgehead atoms. The lowest BCUT2D eigenvalue weighted by Gasteiger charge is -2.41. The van der Waals surface area contributed by atoms with Gasteiger partial charge in [-0.25, -0.2) is 13.9 Å². The number of aryl methyl sites for hydroxylation is 1. The maximum absolute atomic E-state index is 14.1. The third-order valence-corrected chi connectivity index (χ3v) is 6.39. The van der Waals surface area contributed by atoms with Gasteiger partial charge in [-0.3, -0.25) is 4.79 Å². The number of rotatable bonds is 5. The molecule has 2 aromatic heterocycles. The van der Waals surface area contributed by atoms with E-state index in [2.05, 4.69) is 15.4 Å². The van der Waals surface area contributed by atoms with Crippen LogP contribution in [0.3, 0.4) is 0 Å². The Bertz CT molecular complexity index is 1250. The van der Waals surface area contributed by atoms with Crippen molar-refractivity contribution in [2.24, 2.45) is 5.73 Å². The number of carbonyl (C=O) groups is 1. The van der Waals surface area contributed by atoms with Crippen LogP contribution in [0.15, 0.2) is 30.7 Å². The number of nitrogens with one attached hydrogen (secondary N) is 1. The number of ether oxygens (including phenoxy) is 4. The van der Waals surface area contributed by atoms with Crippen LogP contribution in [0.4, 0.5) is 15.9 Å². The van der Waals surface area contributed by atoms with E-state index >= 15 is 0 Å². The molecule has 0 saturated carbocycles. The van der Waals surface area contributed by atoms with E-state index in [0.29, 0.717) is 53.7 Å². The monoisotopic (exact) mass is 441 g/mol. The molecule has 0 aliphatic carbocycles. The van der Waals surface area contributed by atoms with Crippen LogP contribution in [0.5, 0.6) is 5.75 Å². The predicted octanol–water partition coefficient (Wildman–Crippen LogP) is 1.33. The summed E-state index contributed by atoms with van der Waals surface area (Å²) in [6, 6.07) is 4.18. The van der Waals surface area contributed by atoms with Crippen LogP contribution in [0.2, 0.25) is 0 Å². The molecule has 3 aromatic rings. The molecule has 32 heavy (non-hydrogen) atoms. The van der Waals surface area contributed by atoms with E-state index in [1.54, 1.807) is 19.2 Å². The number of primary amides is 1. The van der Waals surface area contributed by atoms with Gasteiger partial charge in [0, 0.05) is 12.3 Å². The molecule has 1 aromatic carbocycles. The third kappa shape index (κ3) is 2.71. The predicted molar refractivity (Wildman–Crippen MR) is 109 cm³/mol. The minimum Gasteiger partial charge on any atom is -0.483 e. The Labute approximate surface area is 181 Å². The second kappa shape index (κ2) is 6.86. The molecule has 0 radical (unpaired) electrons. The molecule has 3 fully saturated rings. The van der Waals surface area contributed by atoms with Gasteiger partial charge in [-0.2, -0.15) is 5.10 Å². The number of anilines is 2. The van der Waals surface area contributed by atoms with Crippen molar-refractivity contribution >= 4 is 22.9 Å². The first kappa shape index (κ1) is 19.4. The van der Waals surface area contributed by atoms with Gasteiger partial charge in [0.2, 0.25) is 0 Å². The summed E-state index contributed by atoms with van der Waals surface area (Å²) in [7, 11) is 0. The summed E-state index contributed by atoms with van der Waals surface area (Å²) in [4.78, 5) is 16.0. The number of hydrogen-bond acceptors (Lipinski definition) is 8. The van der Waals surface area contributed by atoms with Crippen LogP contribution in [-0.2, 0) is 14.2 Å². The van der Waals surface area contributed by atoms with Gasteiger partial charge < -0.3 is 30.0 Å². The minimum atomic E-state index is -0.560. The average molecular weight is 441 g/mol. The number of carbonyl (C=O) groups excluding carboxylic acids is 1. The Morgan fingerprint density at radius 2 is 2.25 bits per heavy atom. The van der Waals surface area contributed by atoms with Gasteiger partial charge in [-0.15, -0.1) is 0 Å². The van der Waals surface area contributed by atoms with E-state index in [0.717, 1.165) is 0 Å². The summed E-state index contributed by atoms with van der Waals surface area (Å²) >= 11 is 0. The van der Waals surface area contributed by atoms with Gasteiger partial charge in [-0.1, -0.05) is 0 Å². The number of aromatic nitrogens is 3. The van der Waals surface area contributed by atoms with Crippen LogP contribution in [0.1, 0.15) is 15.9 Å². The van der Waals surface area contributed by atoms with Crippen molar-refractivity contribution < 1.29 is 28.1 Å². The zero-order valence-electron chi connectivity index (χ0n) is 17.1. The third-order valence-electron chi connectivity index (χ3n) is 6.39. The number of nitrogens with zero attached hydrogens (tertiary/aromatic N) is 3. The first-order valence-electron chi connectivity index (χ1n) is 10.2. The number of hydrogen-bond donors (Lipinski definition) is 2. The second-order valence-electron chi connectivity index (χ2n) is 8.18. The van der Waals surface area contributed by atoms with Crippen molar-refractivity contribution in [1.82, 2.24) is 14.6 Å². The molecule has 6 rings (SSSR count). The summed E-state index contributed by atoms with van der Waals surface area (Å²) in [6.45, 7) is 2.99. The highest BCUT2D eigenvalue weighted by atomic mass is 19.1. The highest BCUT2D eigenvalue weighted by Gasteiger charge is 2.67. The molecule has 4 atom stereocenters. The van der Waals surface area contributed by atoms with E-state index in [-0.39, 0.29) is 12.2 Å². The summed E-state index contributed by atoms with van der Waals surface area (Å²) in [5, 5.41) is 7.33. The van der Waals surface area contributed by atoms with Crippen LogP contribution in [0, 0.1) is 12.7 Å². The Morgan fingerprint density at radius 1 is 1.38 bits per heavy atom. The van der Waals surface area contributed by atoms with Gasteiger partial charge in [-0.05, 0) is 24.6 Å². The van der Waals surface area contributed by atoms with Crippen LogP contribution >= 0.6 is 0 Å². The minimum absolute atomic E-state index is 0.0858. The van der Waals surface area contributed by atoms with Crippen molar-refractivity contribution in [3.05, 3.63) is 47.7 Å². The van der Waals surface area contributed by atoms with E-state index < -0.39 is 23.4 Å². The largest absolute Gasteiger partial charge is 0.483 e. The zero-order valence-corrected chi connectivity index (χ0v) is 17.1. The van der Waals surface area contributed by atoms with Gasteiger partial charge in [0.05, 0.1) is 31.1 Å². The Kier molecular flexibility index (Phi) is 4.16. The maximum atomic E-state index is 14.1. The summed E-state index contributed by atoms with van der Waals surface area (Å²) in [5.74, 6) is -0.293. The molecular weight excluding hydrogens is 421 g/mol. The van der Waals surface area contributed by atoms with E-state index in [4.69, 9.17) is 24.7 Å². The van der Waals surface area contributed by atoms with Crippen molar-refractivity contribution in [3.8, 4) is 5.75 Å². The van der Waals surface area contributed by atoms with Gasteiger partial charge >= 0.3 is 0 Å². The van der Waals surface area contributed by atoms with Crippen LogP contribution in [0.25, 0.3) is 5.52 Å². The molecule has 11 heteroatoms. The number of nitrogens with two attached hydrogens (primary N) is 1. The van der Waals surface area contributed by atoms with E-state index in [1.165, 1.54) is 23.0 Å². The van der Waals surface area contributed by atoms with E-state index in [1.807, 2.05) is 0 Å². The van der Waals surface area contributed by atoms with Crippen molar-refractivity contribution in [1.29, 1.82) is 0 Å². The first-order valence-corrected chi connectivity index (χ1v) is 10.2. The molecule has 5 heterocycles. The lowest BCUT2D eigenvalue weighted by molar-refractivity contribution is -0.224. The topological polar surface area (TPSA) is 122 Å². The molecule has 166 valence electrons. The van der Waals surface area contributed by atoms with Crippen LogP contribution < -0.4 is 15.8 Å². The molecule has 3 aliphatic heterocycles. The molecule has 2 unspecified atom stereocenters. The number of halogens is 1. The Morgan fingerprint density at radius 3 is 3.03 bits per heavy atom.